The van der Waals surface area contributed by atoms with E-state index in [1.807, 2.05) is 0 Å². The Labute approximate surface area is 86.1 Å². The average molecular weight is 212 g/mol. The quantitative estimate of drug-likeness (QED) is 0.674. The molecule has 0 saturated carbocycles. The lowest BCUT2D eigenvalue weighted by Gasteiger charge is -2.26. The Hall–Kier alpha value is -1.14. The average Bonchev–Trinajstić information content (AvgIpc) is 2.65. The highest BCUT2D eigenvalue weighted by Gasteiger charge is 2.21. The van der Waals surface area contributed by atoms with Crippen LogP contribution in [0.4, 0.5) is 5.69 Å². The lowest BCUT2D eigenvalue weighted by molar-refractivity contribution is 0.0741. The first-order valence-electron chi connectivity index (χ1n) is 4.49. The molecule has 6 heteroatoms. The van der Waals surface area contributed by atoms with Gasteiger partial charge in [0, 0.05) is 26.2 Å². The molecule has 76 valence electrons. The smallest absolute Gasteiger partial charge is 0.267 e. The molecular formula is C8H12N4OS. The van der Waals surface area contributed by atoms with E-state index in [2.05, 4.69) is 9.69 Å². The largest absolute Gasteiger partial charge is 0.396 e. The van der Waals surface area contributed by atoms with Crippen molar-refractivity contribution in [3.63, 3.8) is 0 Å². The standard InChI is InChI=1S/C8H12N4OS/c9-6-5-11-14-7(6)8(13)12-3-1-10-2-4-12/h5,10H,1-4,9H2. The van der Waals surface area contributed by atoms with Crippen molar-refractivity contribution < 1.29 is 4.79 Å². The number of anilines is 1. The fraction of sp³-hybridized carbons (Fsp3) is 0.500. The van der Waals surface area contributed by atoms with Crippen molar-refractivity contribution in [1.29, 1.82) is 0 Å². The van der Waals surface area contributed by atoms with Crippen molar-refractivity contribution in [3.05, 3.63) is 11.1 Å². The molecule has 0 aliphatic carbocycles. The molecule has 1 amide bonds. The summed E-state index contributed by atoms with van der Waals surface area (Å²) in [6.45, 7) is 3.20. The van der Waals surface area contributed by atoms with Gasteiger partial charge in [0.05, 0.1) is 11.9 Å². The Bertz CT molecular complexity index is 332. The molecule has 1 aliphatic rings. The van der Waals surface area contributed by atoms with Gasteiger partial charge in [-0.05, 0) is 11.5 Å². The van der Waals surface area contributed by atoms with Crippen molar-refractivity contribution in [2.75, 3.05) is 31.9 Å². The van der Waals surface area contributed by atoms with Gasteiger partial charge in [-0.1, -0.05) is 0 Å². The number of nitrogens with one attached hydrogen (secondary N) is 1. The summed E-state index contributed by atoms with van der Waals surface area (Å²) in [6, 6.07) is 0. The molecule has 5 nitrogen and oxygen atoms in total. The van der Waals surface area contributed by atoms with Crippen LogP contribution in [0, 0.1) is 0 Å². The third-order valence-electron chi connectivity index (χ3n) is 2.20. The predicted molar refractivity (Wildman–Crippen MR) is 55.3 cm³/mol. The molecule has 0 radical (unpaired) electrons. The molecule has 3 N–H and O–H groups in total. The second-order valence-electron chi connectivity index (χ2n) is 3.15. The highest BCUT2D eigenvalue weighted by Crippen LogP contribution is 2.17. The Morgan fingerprint density at radius 2 is 2.29 bits per heavy atom. The number of hydrogen-bond acceptors (Lipinski definition) is 5. The number of nitrogens with zero attached hydrogens (tertiary/aromatic N) is 2. The van der Waals surface area contributed by atoms with Crippen LogP contribution in [0.5, 0.6) is 0 Å². The van der Waals surface area contributed by atoms with Gasteiger partial charge in [0.15, 0.2) is 0 Å². The van der Waals surface area contributed by atoms with Crippen molar-refractivity contribution in [3.8, 4) is 0 Å². The van der Waals surface area contributed by atoms with Crippen molar-refractivity contribution in [2.45, 2.75) is 0 Å². The lowest BCUT2D eigenvalue weighted by atomic mass is 10.3. The number of hydrogen-bond donors (Lipinski definition) is 2. The van der Waals surface area contributed by atoms with E-state index in [0.717, 1.165) is 37.7 Å². The maximum Gasteiger partial charge on any atom is 0.267 e. The highest BCUT2D eigenvalue weighted by atomic mass is 32.1. The van der Waals surface area contributed by atoms with Gasteiger partial charge < -0.3 is 16.0 Å². The summed E-state index contributed by atoms with van der Waals surface area (Å²) in [4.78, 5) is 14.2. The third-order valence-corrected chi connectivity index (χ3v) is 3.00. The van der Waals surface area contributed by atoms with Gasteiger partial charge in [-0.25, -0.2) is 0 Å². The SMILES string of the molecule is Nc1cnsc1C(=O)N1CCNCC1. The molecule has 0 aromatic carbocycles. The summed E-state index contributed by atoms with van der Waals surface area (Å²) in [7, 11) is 0. The van der Waals surface area contributed by atoms with Crippen molar-refractivity contribution >= 4 is 23.1 Å². The fourth-order valence-corrected chi connectivity index (χ4v) is 2.06. The minimum Gasteiger partial charge on any atom is -0.396 e. The minimum atomic E-state index is 0.00602. The number of rotatable bonds is 1. The summed E-state index contributed by atoms with van der Waals surface area (Å²) < 4.78 is 3.89. The van der Waals surface area contributed by atoms with E-state index in [0.29, 0.717) is 10.6 Å². The molecule has 1 fully saturated rings. The number of aromatic nitrogens is 1. The first-order valence-corrected chi connectivity index (χ1v) is 5.26. The van der Waals surface area contributed by atoms with Gasteiger partial charge in [-0.3, -0.25) is 4.79 Å². The molecule has 1 aromatic rings. The van der Waals surface area contributed by atoms with Gasteiger partial charge in [-0.15, -0.1) is 0 Å². The Morgan fingerprint density at radius 1 is 1.57 bits per heavy atom. The van der Waals surface area contributed by atoms with E-state index < -0.39 is 0 Å². The second kappa shape index (κ2) is 3.93. The molecule has 2 heterocycles. The molecule has 1 aromatic heterocycles. The zero-order valence-corrected chi connectivity index (χ0v) is 8.51. The van der Waals surface area contributed by atoms with Gasteiger partial charge in [-0.2, -0.15) is 4.37 Å². The van der Waals surface area contributed by atoms with Crippen LogP contribution in [-0.4, -0.2) is 41.4 Å². The van der Waals surface area contributed by atoms with Crippen molar-refractivity contribution in [2.24, 2.45) is 0 Å². The van der Waals surface area contributed by atoms with Crippen LogP contribution in [0.3, 0.4) is 0 Å². The predicted octanol–water partition coefficient (Wildman–Crippen LogP) is -0.229. The summed E-state index contributed by atoms with van der Waals surface area (Å²) in [5.41, 5.74) is 6.12. The van der Waals surface area contributed by atoms with Crippen LogP contribution in [-0.2, 0) is 0 Å². The first kappa shape index (κ1) is 9.42. The van der Waals surface area contributed by atoms with Crippen LogP contribution in [0.25, 0.3) is 0 Å². The zero-order valence-electron chi connectivity index (χ0n) is 7.69. The monoisotopic (exact) mass is 212 g/mol. The number of piperazine rings is 1. The van der Waals surface area contributed by atoms with Gasteiger partial charge >= 0.3 is 0 Å². The minimum absolute atomic E-state index is 0.00602. The van der Waals surface area contributed by atoms with E-state index in [-0.39, 0.29) is 5.91 Å². The first-order chi connectivity index (χ1) is 6.79. The Kier molecular flexibility index (Phi) is 2.64. The number of nitrogens with two attached hydrogens (primary N) is 1. The van der Waals surface area contributed by atoms with Crippen LogP contribution in [0.2, 0.25) is 0 Å². The lowest BCUT2D eigenvalue weighted by Crippen LogP contribution is -2.46. The van der Waals surface area contributed by atoms with E-state index in [1.165, 1.54) is 6.20 Å². The maximum absolute atomic E-state index is 11.9. The van der Waals surface area contributed by atoms with Crippen LogP contribution in [0.1, 0.15) is 9.67 Å². The highest BCUT2D eigenvalue weighted by molar-refractivity contribution is 7.08. The zero-order chi connectivity index (χ0) is 9.97. The molecule has 2 rings (SSSR count). The Balaban J connectivity index is 2.11. The number of amides is 1. The van der Waals surface area contributed by atoms with E-state index in [1.54, 1.807) is 4.90 Å². The molecule has 1 aliphatic heterocycles. The molecule has 0 spiro atoms. The molecular weight excluding hydrogens is 200 g/mol. The van der Waals surface area contributed by atoms with Gasteiger partial charge in [0.25, 0.3) is 5.91 Å². The fourth-order valence-electron chi connectivity index (χ4n) is 1.42. The molecule has 0 bridgehead atoms. The van der Waals surface area contributed by atoms with E-state index >= 15 is 0 Å². The maximum atomic E-state index is 11.9. The van der Waals surface area contributed by atoms with E-state index in [9.17, 15) is 4.79 Å². The molecule has 14 heavy (non-hydrogen) atoms. The normalized spacial score (nSPS) is 17.0. The summed E-state index contributed by atoms with van der Waals surface area (Å²) in [5, 5.41) is 3.19. The number of carbonyl (C=O) groups is 1. The van der Waals surface area contributed by atoms with Gasteiger partial charge in [0.2, 0.25) is 0 Å². The van der Waals surface area contributed by atoms with Gasteiger partial charge in [0.1, 0.15) is 4.88 Å². The number of carbonyl (C=O) groups excluding carboxylic acids is 1. The molecule has 0 unspecified atom stereocenters. The molecule has 0 atom stereocenters. The summed E-state index contributed by atoms with van der Waals surface area (Å²) in [5.74, 6) is 0.00602. The summed E-state index contributed by atoms with van der Waals surface area (Å²) in [6.07, 6.45) is 1.53. The van der Waals surface area contributed by atoms with Crippen molar-refractivity contribution in [1.82, 2.24) is 14.6 Å². The Morgan fingerprint density at radius 3 is 2.86 bits per heavy atom. The number of nitrogen functional groups attached to an aromatic ring is 1. The molecule has 1 saturated heterocycles. The van der Waals surface area contributed by atoms with E-state index in [4.69, 9.17) is 5.73 Å². The third kappa shape index (κ3) is 1.71. The summed E-state index contributed by atoms with van der Waals surface area (Å²) >= 11 is 1.16. The van der Waals surface area contributed by atoms with Crippen LogP contribution >= 0.6 is 11.5 Å². The topological polar surface area (TPSA) is 71.2 Å². The van der Waals surface area contributed by atoms with Crippen LogP contribution < -0.4 is 11.1 Å². The van der Waals surface area contributed by atoms with Crippen LogP contribution in [0.15, 0.2) is 6.20 Å². The second-order valence-corrected chi connectivity index (χ2v) is 3.95.